The zero-order valence-corrected chi connectivity index (χ0v) is 16.4. The molecule has 1 amide bonds. The van der Waals surface area contributed by atoms with E-state index in [1.807, 2.05) is 5.32 Å². The normalized spacial score (nSPS) is 16.7. The topological polar surface area (TPSA) is 53.6 Å². The summed E-state index contributed by atoms with van der Waals surface area (Å²) in [5, 5.41) is 2.85. The lowest BCUT2D eigenvalue weighted by Crippen LogP contribution is -2.45. The summed E-state index contributed by atoms with van der Waals surface area (Å²) in [6, 6.07) is 5.11. The Balaban J connectivity index is 1.75. The average Bonchev–Trinajstić information content (AvgIpc) is 3.12. The van der Waals surface area contributed by atoms with Crippen molar-refractivity contribution in [2.45, 2.75) is 18.4 Å². The van der Waals surface area contributed by atoms with E-state index < -0.39 is 53.9 Å². The second-order valence-corrected chi connectivity index (χ2v) is 6.88. The van der Waals surface area contributed by atoms with Gasteiger partial charge in [-0.25, -0.2) is 14.8 Å². The molecule has 0 fully saturated rings. The first-order chi connectivity index (χ1) is 14.9. The Labute approximate surface area is 181 Å². The number of benzene rings is 2. The fourth-order valence-corrected chi connectivity index (χ4v) is 2.90. The largest absolute Gasteiger partial charge is 0.468 e. The van der Waals surface area contributed by atoms with Gasteiger partial charge in [-0.3, -0.25) is 4.79 Å². The Kier molecular flexibility index (Phi) is 6.56. The minimum absolute atomic E-state index is 0.0767. The Morgan fingerprint density at radius 3 is 2.44 bits per heavy atom. The molecular formula is C19H13ClF7N3O2. The molecule has 0 saturated heterocycles. The molecule has 2 aromatic rings. The monoisotopic (exact) mass is 483 g/mol. The van der Waals surface area contributed by atoms with Gasteiger partial charge in [-0.2, -0.15) is 26.3 Å². The lowest BCUT2D eigenvalue weighted by molar-refractivity contribution is -0.142. The van der Waals surface area contributed by atoms with Crippen LogP contribution in [-0.4, -0.2) is 24.7 Å². The van der Waals surface area contributed by atoms with E-state index in [2.05, 4.69) is 5.43 Å². The van der Waals surface area contributed by atoms with E-state index in [1.54, 1.807) is 6.07 Å². The van der Waals surface area contributed by atoms with Crippen molar-refractivity contribution < 1.29 is 40.3 Å². The number of nitrogens with zero attached hydrogens (tertiary/aromatic N) is 1. The predicted octanol–water partition coefficient (Wildman–Crippen LogP) is 5.25. The highest BCUT2D eigenvalue weighted by atomic mass is 35.5. The molecule has 5 nitrogen and oxygen atoms in total. The summed E-state index contributed by atoms with van der Waals surface area (Å²) < 4.78 is 96.7. The molecule has 13 heteroatoms. The molecule has 1 heterocycles. The van der Waals surface area contributed by atoms with Crippen molar-refractivity contribution in [1.82, 2.24) is 5.43 Å². The quantitative estimate of drug-likeness (QED) is 0.570. The van der Waals surface area contributed by atoms with E-state index in [9.17, 15) is 35.5 Å². The lowest BCUT2D eigenvalue weighted by atomic mass is 10.2. The molecule has 1 aliphatic heterocycles. The molecule has 3 rings (SSSR count). The number of anilines is 2. The van der Waals surface area contributed by atoms with Crippen LogP contribution >= 0.6 is 11.6 Å². The number of ether oxygens (including phenoxy) is 1. The van der Waals surface area contributed by atoms with Crippen molar-refractivity contribution in [2.24, 2.45) is 0 Å². The molecule has 0 saturated carbocycles. The summed E-state index contributed by atoms with van der Waals surface area (Å²) in [7, 11) is 0. The summed E-state index contributed by atoms with van der Waals surface area (Å²) in [4.78, 5) is 12.1. The van der Waals surface area contributed by atoms with Gasteiger partial charge in [0, 0.05) is 6.08 Å². The van der Waals surface area contributed by atoms with Gasteiger partial charge in [0.15, 0.2) is 6.61 Å². The summed E-state index contributed by atoms with van der Waals surface area (Å²) in [5.74, 6) is -2.67. The number of rotatable bonds is 5. The molecule has 0 radical (unpaired) electrons. The van der Waals surface area contributed by atoms with Gasteiger partial charge < -0.3 is 10.1 Å². The minimum atomic E-state index is -4.77. The third-order valence-corrected chi connectivity index (χ3v) is 4.48. The first-order valence-corrected chi connectivity index (χ1v) is 9.13. The minimum Gasteiger partial charge on any atom is -0.468 e. The predicted molar refractivity (Wildman–Crippen MR) is 101 cm³/mol. The number of amides is 1. The molecule has 2 N–H and O–H groups in total. The molecule has 0 spiro atoms. The highest BCUT2D eigenvalue weighted by Crippen LogP contribution is 2.34. The second-order valence-electron chi connectivity index (χ2n) is 6.47. The van der Waals surface area contributed by atoms with Crippen LogP contribution in [0.1, 0.15) is 5.56 Å². The number of hydrogen-bond donors (Lipinski definition) is 2. The maximum Gasteiger partial charge on any atom is 0.416 e. The van der Waals surface area contributed by atoms with E-state index in [-0.39, 0.29) is 10.7 Å². The molecule has 2 aromatic carbocycles. The molecule has 0 aliphatic carbocycles. The summed E-state index contributed by atoms with van der Waals surface area (Å²) in [6.07, 6.45) is -8.82. The highest BCUT2D eigenvalue weighted by Gasteiger charge is 2.44. The van der Waals surface area contributed by atoms with Crippen molar-refractivity contribution in [3.63, 3.8) is 0 Å². The summed E-state index contributed by atoms with van der Waals surface area (Å²) in [5.41, 5.74) is 0.269. The van der Waals surface area contributed by atoms with E-state index in [0.717, 1.165) is 5.01 Å². The van der Waals surface area contributed by atoms with Crippen LogP contribution in [0.4, 0.5) is 42.1 Å². The van der Waals surface area contributed by atoms with Gasteiger partial charge in [0.1, 0.15) is 11.9 Å². The fourth-order valence-electron chi connectivity index (χ4n) is 2.68. The van der Waals surface area contributed by atoms with Crippen molar-refractivity contribution in [1.29, 1.82) is 0 Å². The number of hydrazine groups is 1. The molecule has 1 atom stereocenters. The van der Waals surface area contributed by atoms with Crippen LogP contribution in [0.2, 0.25) is 5.02 Å². The Bertz CT molecular complexity index is 1040. The summed E-state index contributed by atoms with van der Waals surface area (Å²) in [6.45, 7) is -0.922. The third kappa shape index (κ3) is 5.43. The van der Waals surface area contributed by atoms with Gasteiger partial charge in [0.25, 0.3) is 5.91 Å². The maximum atomic E-state index is 13.8. The first-order valence-electron chi connectivity index (χ1n) is 8.75. The van der Waals surface area contributed by atoms with E-state index in [4.69, 9.17) is 16.3 Å². The number of nitrogens with one attached hydrogen (secondary N) is 2. The van der Waals surface area contributed by atoms with Crippen LogP contribution in [0.15, 0.2) is 54.4 Å². The number of hydrogen-bond acceptors (Lipinski definition) is 4. The second kappa shape index (κ2) is 8.87. The molecule has 1 unspecified atom stereocenters. The van der Waals surface area contributed by atoms with Crippen LogP contribution in [0, 0.1) is 5.82 Å². The zero-order chi connectivity index (χ0) is 23.7. The summed E-state index contributed by atoms with van der Waals surface area (Å²) >= 11 is 6.01. The number of carbonyl (C=O) groups excluding carboxylic acids is 1. The van der Waals surface area contributed by atoms with Crippen molar-refractivity contribution in [3.05, 3.63) is 70.8 Å². The highest BCUT2D eigenvalue weighted by molar-refractivity contribution is 6.33. The number of carbonyl (C=O) groups is 1. The molecule has 0 bridgehead atoms. The van der Waals surface area contributed by atoms with Crippen LogP contribution < -0.4 is 15.8 Å². The van der Waals surface area contributed by atoms with Gasteiger partial charge in [-0.05, 0) is 30.3 Å². The van der Waals surface area contributed by atoms with Gasteiger partial charge in [0.2, 0.25) is 5.88 Å². The Morgan fingerprint density at radius 1 is 1.12 bits per heavy atom. The lowest BCUT2D eigenvalue weighted by Gasteiger charge is -2.25. The smallest absolute Gasteiger partial charge is 0.416 e. The van der Waals surface area contributed by atoms with Crippen LogP contribution in [-0.2, 0) is 15.7 Å². The fraction of sp³-hybridized carbons (Fsp3) is 0.211. The van der Waals surface area contributed by atoms with Crippen LogP contribution in [0.5, 0.6) is 0 Å². The Hall–Kier alpha value is -2.99. The van der Waals surface area contributed by atoms with Crippen molar-refractivity contribution in [2.75, 3.05) is 16.9 Å². The molecule has 32 heavy (non-hydrogen) atoms. The maximum absolute atomic E-state index is 13.8. The number of para-hydroxylation sites is 1. The van der Waals surface area contributed by atoms with Crippen molar-refractivity contribution >= 4 is 28.9 Å². The van der Waals surface area contributed by atoms with Gasteiger partial charge >= 0.3 is 12.4 Å². The van der Waals surface area contributed by atoms with Gasteiger partial charge in [-0.15, -0.1) is 0 Å². The van der Waals surface area contributed by atoms with E-state index >= 15 is 0 Å². The standard InChI is InChI=1S/C19H13ClF7N3O2/c20-11-3-1-2-4-14(11)30-17(8-15(29-30)19(25,26)27)32-9-16(31)28-13-7-10(18(22,23)24)5-6-12(13)21/h1-8,15,29H,9H2,(H,28,31). The molecule has 1 aliphatic rings. The molecule has 0 aromatic heterocycles. The van der Waals surface area contributed by atoms with Gasteiger partial charge in [-0.1, -0.05) is 23.7 Å². The first kappa shape index (κ1) is 23.7. The van der Waals surface area contributed by atoms with Crippen molar-refractivity contribution in [3.8, 4) is 0 Å². The Morgan fingerprint density at radius 2 is 1.81 bits per heavy atom. The van der Waals surface area contributed by atoms with Gasteiger partial charge in [0.05, 0.1) is 22.0 Å². The van der Waals surface area contributed by atoms with Crippen LogP contribution in [0.3, 0.4) is 0 Å². The number of alkyl halides is 6. The number of halogens is 8. The van der Waals surface area contributed by atoms with Crippen LogP contribution in [0.25, 0.3) is 0 Å². The molecular weight excluding hydrogens is 471 g/mol. The van der Waals surface area contributed by atoms with E-state index in [0.29, 0.717) is 24.3 Å². The third-order valence-electron chi connectivity index (χ3n) is 4.16. The average molecular weight is 484 g/mol. The van der Waals surface area contributed by atoms with E-state index in [1.165, 1.54) is 18.2 Å². The zero-order valence-electron chi connectivity index (χ0n) is 15.7. The SMILES string of the molecule is O=C(COC1=CC(C(F)(F)F)NN1c1ccccc1Cl)Nc1cc(C(F)(F)F)ccc1F. The molecule has 172 valence electrons.